The van der Waals surface area contributed by atoms with E-state index in [-0.39, 0.29) is 19.1 Å². The molecule has 3 atom stereocenters. The minimum Gasteiger partial charge on any atom is -0.391 e. The molecule has 0 spiro atoms. The lowest BCUT2D eigenvalue weighted by molar-refractivity contribution is -0.870. The molecule has 0 saturated heterocycles. The zero-order chi connectivity index (χ0) is 40.0. The minimum atomic E-state index is -4.29. The first-order chi connectivity index (χ1) is 26.0. The quantitative estimate of drug-likeness (QED) is 0.0248. The molecule has 3 N–H and O–H groups in total. The molecular weight excluding hydrogens is 695 g/mol. The van der Waals surface area contributed by atoms with E-state index >= 15 is 0 Å². The van der Waals surface area contributed by atoms with Gasteiger partial charge in [0.1, 0.15) is 13.2 Å². The van der Waals surface area contributed by atoms with Gasteiger partial charge in [-0.25, -0.2) is 4.57 Å². The topological polar surface area (TPSA) is 105 Å². The molecule has 0 aliphatic carbocycles. The van der Waals surface area contributed by atoms with Crippen molar-refractivity contribution in [1.82, 2.24) is 5.32 Å². The van der Waals surface area contributed by atoms with E-state index in [1.807, 2.05) is 21.1 Å². The molecule has 3 unspecified atom stereocenters. The van der Waals surface area contributed by atoms with E-state index in [9.17, 15) is 19.4 Å². The molecule has 8 nitrogen and oxygen atoms in total. The third kappa shape index (κ3) is 38.7. The van der Waals surface area contributed by atoms with Crippen molar-refractivity contribution >= 4 is 13.7 Å². The van der Waals surface area contributed by atoms with E-state index in [4.69, 9.17) is 9.05 Å². The van der Waals surface area contributed by atoms with Gasteiger partial charge in [-0.1, -0.05) is 172 Å². The second-order valence-electron chi connectivity index (χ2n) is 16.0. The van der Waals surface area contributed by atoms with Crippen LogP contribution in [0.2, 0.25) is 0 Å². The van der Waals surface area contributed by atoms with Gasteiger partial charge in [-0.2, -0.15) is 0 Å². The van der Waals surface area contributed by atoms with Gasteiger partial charge in [-0.3, -0.25) is 13.8 Å². The number of hydrogen-bond acceptors (Lipinski definition) is 5. The lowest BCUT2D eigenvalue weighted by atomic mass is 10.0. The smallest absolute Gasteiger partial charge is 0.391 e. The second-order valence-corrected chi connectivity index (χ2v) is 17.5. The van der Waals surface area contributed by atoms with E-state index < -0.39 is 20.0 Å². The van der Waals surface area contributed by atoms with E-state index in [1.54, 1.807) is 0 Å². The predicted molar refractivity (Wildman–Crippen MR) is 231 cm³/mol. The van der Waals surface area contributed by atoms with Crippen molar-refractivity contribution in [2.45, 2.75) is 193 Å². The zero-order valence-corrected chi connectivity index (χ0v) is 36.6. The highest BCUT2D eigenvalue weighted by Gasteiger charge is 2.28. The Morgan fingerprint density at radius 1 is 0.648 bits per heavy atom. The van der Waals surface area contributed by atoms with Crippen molar-refractivity contribution < 1.29 is 32.9 Å². The monoisotopic (exact) mass is 782 g/mol. The summed E-state index contributed by atoms with van der Waals surface area (Å²) in [6.45, 7) is 4.60. The number of carbonyl (C=O) groups excluding carboxylic acids is 1. The number of rotatable bonds is 39. The Labute approximate surface area is 333 Å². The largest absolute Gasteiger partial charge is 0.472 e. The van der Waals surface area contributed by atoms with Crippen LogP contribution in [0.5, 0.6) is 0 Å². The van der Waals surface area contributed by atoms with Crippen molar-refractivity contribution in [1.29, 1.82) is 0 Å². The number of hydrogen-bond donors (Lipinski definition) is 3. The summed E-state index contributed by atoms with van der Waals surface area (Å²) in [6.07, 6.45) is 46.7. The Hall–Kier alpha value is -1.54. The van der Waals surface area contributed by atoms with E-state index in [2.05, 4.69) is 67.8 Å². The molecule has 0 rings (SSSR count). The number of aliphatic hydroxyl groups is 1. The molecule has 9 heteroatoms. The highest BCUT2D eigenvalue weighted by Crippen LogP contribution is 2.43. The van der Waals surface area contributed by atoms with Crippen molar-refractivity contribution in [3.05, 3.63) is 48.6 Å². The standard InChI is InChI=1S/C45H85N2O6P/c1-6-8-10-11-12-13-14-15-16-17-18-19-20-21-22-23-24-25-26-27-28-29-30-31-32-33-34-35-37-39-45(49)46-43(44(48)38-36-9-7-2)42-53-54(50,51)52-41-40-47(3,4)5/h8,10,12-13,15-16,18-19,43-44,48H,6-7,9,11,14,17,20-42H2,1-5H3,(H-,46,49,50,51)/p+1/b10-8-,13-12-,16-15-,19-18-. The van der Waals surface area contributed by atoms with Crippen LogP contribution in [0.15, 0.2) is 48.6 Å². The highest BCUT2D eigenvalue weighted by atomic mass is 31.2. The van der Waals surface area contributed by atoms with E-state index in [1.165, 1.54) is 89.9 Å². The molecule has 0 fully saturated rings. The molecular formula is C45H86N2O6P+. The maximum absolute atomic E-state index is 12.7. The van der Waals surface area contributed by atoms with E-state index in [0.29, 0.717) is 23.9 Å². The first-order valence-electron chi connectivity index (χ1n) is 22.0. The van der Waals surface area contributed by atoms with E-state index in [0.717, 1.165) is 64.2 Å². The average Bonchev–Trinajstić information content (AvgIpc) is 3.12. The molecule has 0 aliphatic heterocycles. The lowest BCUT2D eigenvalue weighted by Gasteiger charge is -2.26. The third-order valence-corrected chi connectivity index (χ3v) is 10.6. The fourth-order valence-electron chi connectivity index (χ4n) is 6.09. The van der Waals surface area contributed by atoms with Crippen LogP contribution in [-0.4, -0.2) is 73.4 Å². The van der Waals surface area contributed by atoms with Crippen LogP contribution in [0.25, 0.3) is 0 Å². The normalized spacial score (nSPS) is 14.9. The van der Waals surface area contributed by atoms with Gasteiger partial charge in [-0.15, -0.1) is 0 Å². The summed E-state index contributed by atoms with van der Waals surface area (Å²) in [7, 11) is 1.61. The van der Waals surface area contributed by atoms with Crippen LogP contribution in [0.4, 0.5) is 0 Å². The molecule has 0 bridgehead atoms. The Morgan fingerprint density at radius 3 is 1.59 bits per heavy atom. The first-order valence-corrected chi connectivity index (χ1v) is 23.5. The van der Waals surface area contributed by atoms with Crippen LogP contribution < -0.4 is 5.32 Å². The number of unbranched alkanes of at least 4 members (excludes halogenated alkanes) is 18. The SMILES string of the molecule is CC/C=C\C/C=C\C/C=C\C/C=C\CCCCCCCCCCCCCCCCCCC(=O)NC(COP(=O)(O)OCC[N+](C)(C)C)C(O)CCCCC. The Kier molecular flexibility index (Phi) is 36.0. The van der Waals surface area contributed by atoms with Crippen molar-refractivity contribution in [2.24, 2.45) is 0 Å². The summed E-state index contributed by atoms with van der Waals surface area (Å²) < 4.78 is 23.3. The summed E-state index contributed by atoms with van der Waals surface area (Å²) in [5, 5.41) is 13.6. The Bertz CT molecular complexity index is 1020. The van der Waals surface area contributed by atoms with Crippen LogP contribution >= 0.6 is 7.82 Å². The van der Waals surface area contributed by atoms with Crippen LogP contribution in [0.3, 0.4) is 0 Å². The van der Waals surface area contributed by atoms with Gasteiger partial charge in [0, 0.05) is 6.42 Å². The maximum atomic E-state index is 12.7. The molecule has 0 aromatic rings. The van der Waals surface area contributed by atoms with Crippen LogP contribution in [0.1, 0.15) is 181 Å². The number of likely N-dealkylation sites (N-methyl/N-ethyl adjacent to an activating group) is 1. The molecule has 54 heavy (non-hydrogen) atoms. The number of aliphatic hydroxyl groups excluding tert-OH is 1. The van der Waals surface area contributed by atoms with Crippen molar-refractivity contribution in [2.75, 3.05) is 40.9 Å². The van der Waals surface area contributed by atoms with Gasteiger partial charge in [-0.05, 0) is 51.4 Å². The van der Waals surface area contributed by atoms with Gasteiger partial charge in [0.25, 0.3) is 0 Å². The summed E-state index contributed by atoms with van der Waals surface area (Å²) in [5.74, 6) is -0.158. The number of phosphoric ester groups is 1. The summed E-state index contributed by atoms with van der Waals surface area (Å²) >= 11 is 0. The molecule has 0 aliphatic rings. The number of quaternary nitrogens is 1. The summed E-state index contributed by atoms with van der Waals surface area (Å²) in [4.78, 5) is 22.8. The summed E-state index contributed by atoms with van der Waals surface area (Å²) in [5.41, 5.74) is 0. The highest BCUT2D eigenvalue weighted by molar-refractivity contribution is 7.47. The van der Waals surface area contributed by atoms with Gasteiger partial charge < -0.3 is 19.8 Å². The average molecular weight is 782 g/mol. The van der Waals surface area contributed by atoms with Gasteiger partial charge >= 0.3 is 7.82 Å². The molecule has 0 heterocycles. The summed E-state index contributed by atoms with van der Waals surface area (Å²) in [6, 6.07) is -0.755. The maximum Gasteiger partial charge on any atom is 0.472 e. The minimum absolute atomic E-state index is 0.0724. The molecule has 316 valence electrons. The number of amides is 1. The van der Waals surface area contributed by atoms with Gasteiger partial charge in [0.05, 0.1) is 39.9 Å². The third-order valence-electron chi connectivity index (χ3n) is 9.59. The number of carbonyl (C=O) groups is 1. The fraction of sp³-hybridized carbons (Fsp3) is 0.800. The number of phosphoric acid groups is 1. The fourth-order valence-corrected chi connectivity index (χ4v) is 6.83. The van der Waals surface area contributed by atoms with Gasteiger partial charge in [0.2, 0.25) is 5.91 Å². The Morgan fingerprint density at radius 2 is 1.11 bits per heavy atom. The second kappa shape index (κ2) is 37.1. The lowest BCUT2D eigenvalue weighted by Crippen LogP contribution is -2.46. The van der Waals surface area contributed by atoms with Crippen LogP contribution in [0, 0.1) is 0 Å². The molecule has 0 saturated carbocycles. The predicted octanol–water partition coefficient (Wildman–Crippen LogP) is 12.1. The molecule has 0 aromatic heterocycles. The van der Waals surface area contributed by atoms with Crippen molar-refractivity contribution in [3.8, 4) is 0 Å². The molecule has 0 radical (unpaired) electrons. The number of nitrogens with zero attached hydrogens (tertiary/aromatic N) is 1. The van der Waals surface area contributed by atoms with Gasteiger partial charge in [0.15, 0.2) is 0 Å². The van der Waals surface area contributed by atoms with Crippen molar-refractivity contribution in [3.63, 3.8) is 0 Å². The molecule has 0 aromatic carbocycles. The zero-order valence-electron chi connectivity index (χ0n) is 35.7. The number of allylic oxidation sites excluding steroid dienone is 8. The molecule has 1 amide bonds. The first kappa shape index (κ1) is 52.5. The Balaban J connectivity index is 3.81. The van der Waals surface area contributed by atoms with Crippen LogP contribution in [-0.2, 0) is 18.4 Å². The number of nitrogens with one attached hydrogen (secondary N) is 1.